The summed E-state index contributed by atoms with van der Waals surface area (Å²) in [5.41, 5.74) is 8.09. The van der Waals surface area contributed by atoms with Crippen molar-refractivity contribution in [3.05, 3.63) is 62.5 Å². The molecule has 100 valence electrons. The molecule has 0 aliphatic rings. The van der Waals surface area contributed by atoms with Crippen molar-refractivity contribution in [2.45, 2.75) is 19.6 Å². The van der Waals surface area contributed by atoms with Gasteiger partial charge in [-0.3, -0.25) is 0 Å². The van der Waals surface area contributed by atoms with Crippen LogP contribution in [0.4, 0.5) is 0 Å². The fourth-order valence-electron chi connectivity index (χ4n) is 1.78. The Bertz CT molecular complexity index is 570. The first-order valence-corrected chi connectivity index (χ1v) is 7.58. The van der Waals surface area contributed by atoms with Crippen molar-refractivity contribution in [3.8, 4) is 5.75 Å². The van der Waals surface area contributed by atoms with Gasteiger partial charge in [0.15, 0.2) is 0 Å². The first-order chi connectivity index (χ1) is 9.08. The Morgan fingerprint density at radius 3 is 2.58 bits per heavy atom. The largest absolute Gasteiger partial charge is 0.489 e. The molecule has 0 aliphatic carbocycles. The van der Waals surface area contributed by atoms with E-state index >= 15 is 0 Å². The van der Waals surface area contributed by atoms with Gasteiger partial charge in [0.25, 0.3) is 0 Å². The zero-order valence-electron chi connectivity index (χ0n) is 10.6. The first kappa shape index (κ1) is 14.6. The number of benzene rings is 2. The van der Waals surface area contributed by atoms with Crippen molar-refractivity contribution < 1.29 is 4.74 Å². The molecule has 2 rings (SSSR count). The molecule has 4 heteroatoms. The summed E-state index contributed by atoms with van der Waals surface area (Å²) in [6.45, 7) is 2.47. The van der Waals surface area contributed by atoms with Crippen LogP contribution in [0.2, 0.25) is 0 Å². The fourth-order valence-corrected chi connectivity index (χ4v) is 2.56. The number of rotatable bonds is 4. The molecule has 1 atom stereocenters. The van der Waals surface area contributed by atoms with E-state index in [1.54, 1.807) is 0 Å². The second-order valence-electron chi connectivity index (χ2n) is 4.35. The van der Waals surface area contributed by atoms with Gasteiger partial charge in [0.1, 0.15) is 12.4 Å². The Kier molecular flexibility index (Phi) is 5.02. The van der Waals surface area contributed by atoms with Crippen LogP contribution in [0, 0.1) is 0 Å². The summed E-state index contributed by atoms with van der Waals surface area (Å²) in [6.07, 6.45) is 0. The number of hydrogen-bond acceptors (Lipinski definition) is 2. The van der Waals surface area contributed by atoms with Crippen LogP contribution >= 0.6 is 31.9 Å². The third-order valence-electron chi connectivity index (χ3n) is 2.80. The van der Waals surface area contributed by atoms with Gasteiger partial charge >= 0.3 is 0 Å². The molecule has 0 unspecified atom stereocenters. The minimum atomic E-state index is -0.0632. The summed E-state index contributed by atoms with van der Waals surface area (Å²) in [4.78, 5) is 0. The van der Waals surface area contributed by atoms with Crippen LogP contribution in [0.25, 0.3) is 0 Å². The van der Waals surface area contributed by atoms with Crippen molar-refractivity contribution in [1.29, 1.82) is 0 Å². The van der Waals surface area contributed by atoms with E-state index in [1.807, 2.05) is 49.4 Å². The molecular weight excluding hydrogens is 370 g/mol. The van der Waals surface area contributed by atoms with Crippen LogP contribution in [-0.4, -0.2) is 0 Å². The Hall–Kier alpha value is -0.840. The molecule has 2 aromatic rings. The second-order valence-corrected chi connectivity index (χ2v) is 6.12. The van der Waals surface area contributed by atoms with Gasteiger partial charge in [-0.25, -0.2) is 0 Å². The monoisotopic (exact) mass is 383 g/mol. The second kappa shape index (κ2) is 6.55. The molecule has 0 bridgehead atoms. The van der Waals surface area contributed by atoms with E-state index in [0.29, 0.717) is 6.61 Å². The van der Waals surface area contributed by atoms with Crippen molar-refractivity contribution >= 4 is 31.9 Å². The van der Waals surface area contributed by atoms with Crippen LogP contribution in [0.15, 0.2) is 51.4 Å². The van der Waals surface area contributed by atoms with Gasteiger partial charge < -0.3 is 10.5 Å². The molecule has 2 aromatic carbocycles. The summed E-state index contributed by atoms with van der Waals surface area (Å²) in [5, 5.41) is 0. The number of ether oxygens (including phenoxy) is 1. The Balaban J connectivity index is 2.18. The minimum absolute atomic E-state index is 0.0632. The Morgan fingerprint density at radius 2 is 1.89 bits per heavy atom. The zero-order valence-corrected chi connectivity index (χ0v) is 13.7. The standard InChI is InChI=1S/C15H15Br2NO/c1-10(18)13-8-12(16)6-7-15(13)19-9-11-4-2-3-5-14(11)17/h2-8,10H,9,18H2,1H3/t10-/m1/s1. The lowest BCUT2D eigenvalue weighted by Gasteiger charge is -2.15. The molecule has 0 aliphatic heterocycles. The lowest BCUT2D eigenvalue weighted by atomic mass is 10.1. The molecule has 19 heavy (non-hydrogen) atoms. The topological polar surface area (TPSA) is 35.2 Å². The smallest absolute Gasteiger partial charge is 0.124 e. The van der Waals surface area contributed by atoms with Gasteiger partial charge in [-0.05, 0) is 31.2 Å². The van der Waals surface area contributed by atoms with E-state index in [0.717, 1.165) is 25.8 Å². The third-order valence-corrected chi connectivity index (χ3v) is 4.07. The molecule has 2 nitrogen and oxygen atoms in total. The Morgan fingerprint density at radius 1 is 1.16 bits per heavy atom. The summed E-state index contributed by atoms with van der Waals surface area (Å²) in [6, 6.07) is 13.9. The van der Waals surface area contributed by atoms with E-state index in [2.05, 4.69) is 31.9 Å². The van der Waals surface area contributed by atoms with Crippen molar-refractivity contribution in [1.82, 2.24) is 0 Å². The third kappa shape index (κ3) is 3.81. The molecule has 0 amide bonds. The molecule has 0 heterocycles. The normalized spacial score (nSPS) is 12.2. The molecule has 0 saturated heterocycles. The number of nitrogens with two attached hydrogens (primary N) is 1. The highest BCUT2D eigenvalue weighted by molar-refractivity contribution is 9.10. The van der Waals surface area contributed by atoms with Crippen LogP contribution in [0.3, 0.4) is 0 Å². The predicted octanol–water partition coefficient (Wildman–Crippen LogP) is 4.81. The SMILES string of the molecule is C[C@@H](N)c1cc(Br)ccc1OCc1ccccc1Br. The molecule has 0 aromatic heterocycles. The first-order valence-electron chi connectivity index (χ1n) is 5.99. The molecule has 0 fully saturated rings. The lowest BCUT2D eigenvalue weighted by Crippen LogP contribution is -2.08. The lowest BCUT2D eigenvalue weighted by molar-refractivity contribution is 0.300. The molecular formula is C15H15Br2NO. The average molecular weight is 385 g/mol. The quantitative estimate of drug-likeness (QED) is 0.820. The Labute approximate surface area is 130 Å². The molecule has 0 saturated carbocycles. The van der Waals surface area contributed by atoms with Crippen molar-refractivity contribution in [3.63, 3.8) is 0 Å². The van der Waals surface area contributed by atoms with Crippen molar-refractivity contribution in [2.75, 3.05) is 0 Å². The average Bonchev–Trinajstić information content (AvgIpc) is 2.38. The van der Waals surface area contributed by atoms with Gasteiger partial charge in [-0.15, -0.1) is 0 Å². The van der Waals surface area contributed by atoms with Gasteiger partial charge in [0, 0.05) is 26.1 Å². The van der Waals surface area contributed by atoms with E-state index in [1.165, 1.54) is 0 Å². The maximum absolute atomic E-state index is 5.97. The zero-order chi connectivity index (χ0) is 13.8. The maximum Gasteiger partial charge on any atom is 0.124 e. The van der Waals surface area contributed by atoms with E-state index in [4.69, 9.17) is 10.5 Å². The highest BCUT2D eigenvalue weighted by Gasteiger charge is 2.09. The van der Waals surface area contributed by atoms with Gasteiger partial charge in [-0.2, -0.15) is 0 Å². The van der Waals surface area contributed by atoms with Crippen LogP contribution in [-0.2, 0) is 6.61 Å². The number of hydrogen-bond donors (Lipinski definition) is 1. The van der Waals surface area contributed by atoms with Crippen molar-refractivity contribution in [2.24, 2.45) is 5.73 Å². The van der Waals surface area contributed by atoms with Gasteiger partial charge in [0.2, 0.25) is 0 Å². The van der Waals surface area contributed by atoms with Gasteiger partial charge in [0.05, 0.1) is 0 Å². The maximum atomic E-state index is 5.97. The predicted molar refractivity (Wildman–Crippen MR) is 85.2 cm³/mol. The van der Waals surface area contributed by atoms with E-state index < -0.39 is 0 Å². The van der Waals surface area contributed by atoms with E-state index in [-0.39, 0.29) is 6.04 Å². The summed E-state index contributed by atoms with van der Waals surface area (Å²) < 4.78 is 7.95. The summed E-state index contributed by atoms with van der Waals surface area (Å²) in [7, 11) is 0. The summed E-state index contributed by atoms with van der Waals surface area (Å²) >= 11 is 6.97. The number of halogens is 2. The molecule has 2 N–H and O–H groups in total. The summed E-state index contributed by atoms with van der Waals surface area (Å²) in [5.74, 6) is 0.828. The van der Waals surface area contributed by atoms with E-state index in [9.17, 15) is 0 Å². The van der Waals surface area contributed by atoms with Crippen LogP contribution < -0.4 is 10.5 Å². The van der Waals surface area contributed by atoms with Crippen LogP contribution in [0.1, 0.15) is 24.1 Å². The molecule has 0 radical (unpaired) electrons. The fraction of sp³-hybridized carbons (Fsp3) is 0.200. The van der Waals surface area contributed by atoms with Crippen LogP contribution in [0.5, 0.6) is 5.75 Å². The van der Waals surface area contributed by atoms with Gasteiger partial charge in [-0.1, -0.05) is 50.1 Å². The minimum Gasteiger partial charge on any atom is -0.489 e. The highest BCUT2D eigenvalue weighted by atomic mass is 79.9. The highest BCUT2D eigenvalue weighted by Crippen LogP contribution is 2.28. The molecule has 0 spiro atoms.